The first-order valence-electron chi connectivity index (χ1n) is 10.4. The monoisotopic (exact) mass is 427 g/mol. The van der Waals surface area contributed by atoms with Gasteiger partial charge in [0.25, 0.3) is 0 Å². The van der Waals surface area contributed by atoms with E-state index in [2.05, 4.69) is 49.1 Å². The zero-order chi connectivity index (χ0) is 21.5. The van der Waals surface area contributed by atoms with Crippen molar-refractivity contribution < 1.29 is 14.3 Å². The van der Waals surface area contributed by atoms with Gasteiger partial charge < -0.3 is 9.47 Å². The average molecular weight is 428 g/mol. The van der Waals surface area contributed by atoms with Crippen molar-refractivity contribution in [2.24, 2.45) is 11.8 Å². The van der Waals surface area contributed by atoms with E-state index < -0.39 is 0 Å². The van der Waals surface area contributed by atoms with E-state index in [4.69, 9.17) is 21.1 Å². The van der Waals surface area contributed by atoms with Crippen LogP contribution in [0.15, 0.2) is 54.6 Å². The molecule has 0 aliphatic carbocycles. The molecule has 4 nitrogen and oxygen atoms in total. The zero-order valence-corrected chi connectivity index (χ0v) is 18.7. The van der Waals surface area contributed by atoms with Gasteiger partial charge in [-0.15, -0.1) is 0 Å². The van der Waals surface area contributed by atoms with Crippen LogP contribution in [-0.2, 0) is 16.0 Å². The molecule has 2 aromatic rings. The highest BCUT2D eigenvalue weighted by atomic mass is 35.5. The quantitative estimate of drug-likeness (QED) is 0.521. The van der Waals surface area contributed by atoms with Gasteiger partial charge in [-0.1, -0.05) is 48.9 Å². The summed E-state index contributed by atoms with van der Waals surface area (Å²) >= 11 is 5.94. The molecule has 0 radical (unpaired) electrons. The molecule has 5 heteroatoms. The molecular weight excluding hydrogens is 398 g/mol. The number of carbonyl (C=O) groups excluding carboxylic acids is 1. The number of likely N-dealkylation sites (tertiary alicyclic amines) is 1. The van der Waals surface area contributed by atoms with Crippen molar-refractivity contribution in [2.75, 3.05) is 33.4 Å². The third-order valence-electron chi connectivity index (χ3n) is 5.49. The van der Waals surface area contributed by atoms with Crippen LogP contribution in [0.25, 0.3) is 5.57 Å². The number of nitrogens with zero attached hydrogens (tertiary/aromatic N) is 1. The zero-order valence-electron chi connectivity index (χ0n) is 17.9. The smallest absolute Gasteiger partial charge is 0.311 e. The van der Waals surface area contributed by atoms with Crippen LogP contribution in [0.1, 0.15) is 25.0 Å². The summed E-state index contributed by atoms with van der Waals surface area (Å²) in [6.07, 6.45) is 3.17. The van der Waals surface area contributed by atoms with Crippen molar-refractivity contribution in [1.29, 1.82) is 0 Å². The normalized spacial score (nSPS) is 16.1. The molecule has 1 aliphatic heterocycles. The molecule has 1 atom stereocenters. The van der Waals surface area contributed by atoms with E-state index in [0.717, 1.165) is 36.8 Å². The first-order valence-corrected chi connectivity index (χ1v) is 10.8. The van der Waals surface area contributed by atoms with Gasteiger partial charge in [-0.05, 0) is 60.2 Å². The molecule has 1 aliphatic rings. The van der Waals surface area contributed by atoms with Crippen LogP contribution in [0.5, 0.6) is 5.75 Å². The van der Waals surface area contributed by atoms with E-state index in [0.29, 0.717) is 12.5 Å². The van der Waals surface area contributed by atoms with Crippen LogP contribution in [0.4, 0.5) is 0 Å². The Morgan fingerprint density at radius 1 is 1.17 bits per heavy atom. The number of benzene rings is 2. The molecule has 3 rings (SSSR count). The minimum absolute atomic E-state index is 0.0298. The minimum atomic E-state index is -0.106. The highest BCUT2D eigenvalue weighted by molar-refractivity contribution is 6.30. The standard InChI is InChI=1S/C25H30ClNO3/c1-18(14-20-4-8-23(26)9-5-20)17-30-24-10-6-21(7-11-24)19(2)12-13-27-15-22(16-27)25(28)29-3/h4-12,18,22H,13-17H2,1-3H3/b19-12-/t18-/m0/s1. The molecule has 1 heterocycles. The number of carbonyl (C=O) groups is 1. The Kier molecular flexibility index (Phi) is 7.94. The van der Waals surface area contributed by atoms with Crippen molar-refractivity contribution in [3.8, 4) is 5.75 Å². The fourth-order valence-corrected chi connectivity index (χ4v) is 3.68. The van der Waals surface area contributed by atoms with E-state index in [1.165, 1.54) is 23.8 Å². The van der Waals surface area contributed by atoms with Crippen molar-refractivity contribution in [3.63, 3.8) is 0 Å². The summed E-state index contributed by atoms with van der Waals surface area (Å²) in [6, 6.07) is 16.2. The van der Waals surface area contributed by atoms with E-state index in [1.54, 1.807) is 0 Å². The number of methoxy groups -OCH3 is 1. The highest BCUT2D eigenvalue weighted by Gasteiger charge is 2.32. The lowest BCUT2D eigenvalue weighted by molar-refractivity contribution is -0.151. The third-order valence-corrected chi connectivity index (χ3v) is 5.74. The molecule has 0 aromatic heterocycles. The van der Waals surface area contributed by atoms with Gasteiger partial charge in [0.05, 0.1) is 19.6 Å². The van der Waals surface area contributed by atoms with Gasteiger partial charge >= 0.3 is 5.97 Å². The topological polar surface area (TPSA) is 38.8 Å². The van der Waals surface area contributed by atoms with Gasteiger partial charge in [-0.3, -0.25) is 9.69 Å². The van der Waals surface area contributed by atoms with E-state index in [-0.39, 0.29) is 11.9 Å². The number of hydrogen-bond acceptors (Lipinski definition) is 4. The first kappa shape index (κ1) is 22.4. The number of hydrogen-bond donors (Lipinski definition) is 0. The van der Waals surface area contributed by atoms with E-state index in [1.807, 2.05) is 24.3 Å². The molecule has 0 spiro atoms. The molecule has 30 heavy (non-hydrogen) atoms. The Labute approximate surface area is 184 Å². The summed E-state index contributed by atoms with van der Waals surface area (Å²) in [6.45, 7) is 7.37. The summed E-state index contributed by atoms with van der Waals surface area (Å²) in [4.78, 5) is 13.7. The Morgan fingerprint density at radius 2 is 1.83 bits per heavy atom. The number of ether oxygens (including phenoxy) is 2. The van der Waals surface area contributed by atoms with Gasteiger partial charge in [0.2, 0.25) is 0 Å². The molecule has 0 amide bonds. The average Bonchev–Trinajstić information content (AvgIpc) is 2.72. The van der Waals surface area contributed by atoms with Crippen molar-refractivity contribution >= 4 is 23.1 Å². The molecule has 0 unspecified atom stereocenters. The number of allylic oxidation sites excluding steroid dienone is 1. The van der Waals surface area contributed by atoms with Gasteiger partial charge in [-0.25, -0.2) is 0 Å². The lowest BCUT2D eigenvalue weighted by Crippen LogP contribution is -2.50. The second-order valence-electron chi connectivity index (χ2n) is 8.10. The summed E-state index contributed by atoms with van der Waals surface area (Å²) in [7, 11) is 1.45. The lowest BCUT2D eigenvalue weighted by Gasteiger charge is -2.36. The second-order valence-corrected chi connectivity index (χ2v) is 8.53. The Bertz CT molecular complexity index is 855. The van der Waals surface area contributed by atoms with Crippen LogP contribution in [0.2, 0.25) is 5.02 Å². The van der Waals surface area contributed by atoms with Crippen molar-refractivity contribution in [1.82, 2.24) is 4.90 Å². The van der Waals surface area contributed by atoms with Gasteiger partial charge in [-0.2, -0.15) is 0 Å². The number of rotatable bonds is 9. The molecule has 160 valence electrons. The maximum atomic E-state index is 11.4. The number of halogens is 1. The number of esters is 1. The van der Waals surface area contributed by atoms with Crippen molar-refractivity contribution in [2.45, 2.75) is 20.3 Å². The van der Waals surface area contributed by atoms with Crippen LogP contribution >= 0.6 is 11.6 Å². The first-order chi connectivity index (χ1) is 14.4. The van der Waals surface area contributed by atoms with E-state index >= 15 is 0 Å². The maximum Gasteiger partial charge on any atom is 0.311 e. The fraction of sp³-hybridized carbons (Fsp3) is 0.400. The Balaban J connectivity index is 1.42. The predicted octanol–water partition coefficient (Wildman–Crippen LogP) is 5.11. The molecule has 0 N–H and O–H groups in total. The minimum Gasteiger partial charge on any atom is -0.493 e. The fourth-order valence-electron chi connectivity index (χ4n) is 3.55. The maximum absolute atomic E-state index is 11.4. The molecule has 1 saturated heterocycles. The van der Waals surface area contributed by atoms with Gasteiger partial charge in [0.15, 0.2) is 0 Å². The molecule has 0 saturated carbocycles. The highest BCUT2D eigenvalue weighted by Crippen LogP contribution is 2.21. The van der Waals surface area contributed by atoms with Gasteiger partial charge in [0, 0.05) is 24.7 Å². The summed E-state index contributed by atoms with van der Waals surface area (Å²) in [5.74, 6) is 1.23. The Morgan fingerprint density at radius 3 is 2.47 bits per heavy atom. The van der Waals surface area contributed by atoms with E-state index in [9.17, 15) is 4.79 Å². The third kappa shape index (κ3) is 6.35. The Hall–Kier alpha value is -2.30. The lowest BCUT2D eigenvalue weighted by atomic mass is 10.00. The van der Waals surface area contributed by atoms with Crippen LogP contribution in [-0.4, -0.2) is 44.2 Å². The summed E-state index contributed by atoms with van der Waals surface area (Å²) < 4.78 is 10.7. The van der Waals surface area contributed by atoms with Gasteiger partial charge in [0.1, 0.15) is 5.75 Å². The largest absolute Gasteiger partial charge is 0.493 e. The molecular formula is C25H30ClNO3. The van der Waals surface area contributed by atoms with Crippen LogP contribution in [0.3, 0.4) is 0 Å². The summed E-state index contributed by atoms with van der Waals surface area (Å²) in [5.41, 5.74) is 3.67. The van der Waals surface area contributed by atoms with Crippen molar-refractivity contribution in [3.05, 3.63) is 70.8 Å². The SMILES string of the molecule is COC(=O)C1CN(C/C=C(/C)c2ccc(OC[C@@H](C)Cc3ccc(Cl)cc3)cc2)C1. The van der Waals surface area contributed by atoms with Crippen LogP contribution < -0.4 is 4.74 Å². The summed E-state index contributed by atoms with van der Waals surface area (Å²) in [5, 5.41) is 0.766. The molecule has 2 aromatic carbocycles. The second kappa shape index (κ2) is 10.6. The molecule has 0 bridgehead atoms. The van der Waals surface area contributed by atoms with Crippen LogP contribution in [0, 0.1) is 11.8 Å². The predicted molar refractivity (Wildman–Crippen MR) is 122 cm³/mol. The molecule has 1 fully saturated rings.